The summed E-state index contributed by atoms with van der Waals surface area (Å²) in [5, 5.41) is 0.641. The van der Waals surface area contributed by atoms with Gasteiger partial charge in [-0.05, 0) is 25.0 Å². The van der Waals surface area contributed by atoms with Gasteiger partial charge in [-0.15, -0.1) is 0 Å². The Morgan fingerprint density at radius 3 is 2.57 bits per heavy atom. The number of pyridine rings is 1. The highest BCUT2D eigenvalue weighted by molar-refractivity contribution is 6.30. The van der Waals surface area contributed by atoms with Crippen LogP contribution in [0.1, 0.15) is 32.1 Å². The topological polar surface area (TPSA) is 45.7 Å². The Balaban J connectivity index is 1.42. The number of halogens is 1. The smallest absolute Gasteiger partial charge is 0.248 e. The number of rotatable bonds is 4. The van der Waals surface area contributed by atoms with E-state index >= 15 is 0 Å². The molecule has 0 atom stereocenters. The van der Waals surface area contributed by atoms with E-state index in [1.54, 1.807) is 6.20 Å². The first kappa shape index (κ1) is 16.5. The fourth-order valence-corrected chi connectivity index (χ4v) is 3.36. The average Bonchev–Trinajstić information content (AvgIpc) is 2.61. The molecule has 2 aliphatic rings. The number of amides is 1. The minimum atomic E-state index is 0.110. The molecule has 1 aromatic heterocycles. The van der Waals surface area contributed by atoms with Crippen LogP contribution in [0, 0.1) is 0 Å². The summed E-state index contributed by atoms with van der Waals surface area (Å²) >= 11 is 5.87. The van der Waals surface area contributed by atoms with E-state index in [1.807, 2.05) is 17.0 Å². The lowest BCUT2D eigenvalue weighted by Crippen LogP contribution is -2.50. The number of ether oxygens (including phenoxy) is 1. The number of carbonyl (C=O) groups is 1. The highest BCUT2D eigenvalue weighted by atomic mass is 35.5. The second-order valence-corrected chi connectivity index (χ2v) is 6.71. The number of nitrogens with zero attached hydrogens (tertiary/aromatic N) is 3. The van der Waals surface area contributed by atoms with Gasteiger partial charge in [-0.3, -0.25) is 4.79 Å². The molecular formula is C17H24ClN3O2. The quantitative estimate of drug-likeness (QED) is 0.847. The molecular weight excluding hydrogens is 314 g/mol. The van der Waals surface area contributed by atoms with Crippen molar-refractivity contribution in [1.82, 2.24) is 9.88 Å². The van der Waals surface area contributed by atoms with Crippen molar-refractivity contribution in [3.05, 3.63) is 23.4 Å². The molecule has 0 bridgehead atoms. The highest BCUT2D eigenvalue weighted by Crippen LogP contribution is 2.20. The van der Waals surface area contributed by atoms with Gasteiger partial charge in [0.05, 0.1) is 11.1 Å². The third-order valence-electron chi connectivity index (χ3n) is 4.66. The summed E-state index contributed by atoms with van der Waals surface area (Å²) in [4.78, 5) is 20.7. The number of piperazine rings is 1. The molecule has 3 rings (SSSR count). The lowest BCUT2D eigenvalue weighted by atomic mass is 9.98. The molecule has 0 N–H and O–H groups in total. The standard InChI is InChI=1S/C17H24ClN3O2/c18-14-6-7-16(19-12-14)20-8-10-21(11-9-20)17(22)13-23-15-4-2-1-3-5-15/h6-7,12,15H,1-5,8-11,13H2. The molecule has 1 saturated carbocycles. The van der Waals surface area contributed by atoms with Gasteiger partial charge >= 0.3 is 0 Å². The molecule has 1 amide bonds. The first-order valence-corrected chi connectivity index (χ1v) is 8.86. The maximum Gasteiger partial charge on any atom is 0.248 e. The Kier molecular flexibility index (Phi) is 5.73. The van der Waals surface area contributed by atoms with E-state index < -0.39 is 0 Å². The fraction of sp³-hybridized carbons (Fsp3) is 0.647. The van der Waals surface area contributed by atoms with Gasteiger partial charge in [0, 0.05) is 32.4 Å². The fourth-order valence-electron chi connectivity index (χ4n) is 3.25. The van der Waals surface area contributed by atoms with E-state index in [1.165, 1.54) is 19.3 Å². The molecule has 2 heterocycles. The van der Waals surface area contributed by atoms with E-state index in [2.05, 4.69) is 9.88 Å². The van der Waals surface area contributed by atoms with Gasteiger partial charge < -0.3 is 14.5 Å². The van der Waals surface area contributed by atoms with Crippen molar-refractivity contribution in [2.75, 3.05) is 37.7 Å². The lowest BCUT2D eigenvalue weighted by Gasteiger charge is -2.35. The molecule has 1 aliphatic heterocycles. The van der Waals surface area contributed by atoms with Crippen molar-refractivity contribution in [3.8, 4) is 0 Å². The zero-order valence-electron chi connectivity index (χ0n) is 13.4. The zero-order valence-corrected chi connectivity index (χ0v) is 14.2. The van der Waals surface area contributed by atoms with E-state index in [0.29, 0.717) is 5.02 Å². The van der Waals surface area contributed by atoms with Gasteiger partial charge in [0.25, 0.3) is 0 Å². The first-order valence-electron chi connectivity index (χ1n) is 8.48. The van der Waals surface area contributed by atoms with Crippen molar-refractivity contribution in [1.29, 1.82) is 0 Å². The molecule has 5 nitrogen and oxygen atoms in total. The predicted molar refractivity (Wildman–Crippen MR) is 90.9 cm³/mol. The summed E-state index contributed by atoms with van der Waals surface area (Å²) in [7, 11) is 0. The molecule has 1 aromatic rings. The Bertz CT molecular complexity index is 509. The van der Waals surface area contributed by atoms with Crippen LogP contribution in [-0.4, -0.2) is 54.7 Å². The van der Waals surface area contributed by atoms with Crippen molar-refractivity contribution in [2.24, 2.45) is 0 Å². The van der Waals surface area contributed by atoms with Crippen molar-refractivity contribution < 1.29 is 9.53 Å². The SMILES string of the molecule is O=C(COC1CCCCC1)N1CCN(c2ccc(Cl)cn2)CC1. The third-order valence-corrected chi connectivity index (χ3v) is 4.89. The van der Waals surface area contributed by atoms with E-state index in [0.717, 1.165) is 44.8 Å². The first-order chi connectivity index (χ1) is 11.2. The van der Waals surface area contributed by atoms with Crippen molar-refractivity contribution in [2.45, 2.75) is 38.2 Å². The summed E-state index contributed by atoms with van der Waals surface area (Å²) in [6, 6.07) is 3.77. The lowest BCUT2D eigenvalue weighted by molar-refractivity contribution is -0.139. The summed E-state index contributed by atoms with van der Waals surface area (Å²) < 4.78 is 5.79. The number of hydrogen-bond acceptors (Lipinski definition) is 4. The van der Waals surface area contributed by atoms with Crippen LogP contribution >= 0.6 is 11.6 Å². The summed E-state index contributed by atoms with van der Waals surface area (Å²) in [5.41, 5.74) is 0. The Hall–Kier alpha value is -1.33. The zero-order chi connectivity index (χ0) is 16.1. The largest absolute Gasteiger partial charge is 0.368 e. The van der Waals surface area contributed by atoms with Gasteiger partial charge in [-0.1, -0.05) is 30.9 Å². The molecule has 23 heavy (non-hydrogen) atoms. The molecule has 1 aliphatic carbocycles. The molecule has 0 spiro atoms. The maximum atomic E-state index is 12.3. The Morgan fingerprint density at radius 1 is 1.17 bits per heavy atom. The van der Waals surface area contributed by atoms with Crippen LogP contribution in [0.4, 0.5) is 5.82 Å². The molecule has 126 valence electrons. The minimum Gasteiger partial charge on any atom is -0.368 e. The number of anilines is 1. The van der Waals surface area contributed by atoms with Crippen LogP contribution in [0.2, 0.25) is 5.02 Å². The molecule has 0 unspecified atom stereocenters. The van der Waals surface area contributed by atoms with Gasteiger partial charge in [-0.25, -0.2) is 4.98 Å². The summed E-state index contributed by atoms with van der Waals surface area (Å²) in [6.45, 7) is 3.26. The second kappa shape index (κ2) is 7.97. The normalized spacial score (nSPS) is 19.9. The predicted octanol–water partition coefficient (Wildman–Crippen LogP) is 2.73. The van der Waals surface area contributed by atoms with Gasteiger partial charge in [0.15, 0.2) is 0 Å². The minimum absolute atomic E-state index is 0.110. The van der Waals surface area contributed by atoms with Crippen LogP contribution < -0.4 is 4.90 Å². The number of aromatic nitrogens is 1. The number of hydrogen-bond donors (Lipinski definition) is 0. The van der Waals surface area contributed by atoms with Crippen LogP contribution in [-0.2, 0) is 9.53 Å². The van der Waals surface area contributed by atoms with Crippen LogP contribution in [0.25, 0.3) is 0 Å². The Morgan fingerprint density at radius 2 is 1.91 bits per heavy atom. The van der Waals surface area contributed by atoms with Gasteiger partial charge in [0.1, 0.15) is 12.4 Å². The third kappa shape index (κ3) is 4.58. The number of carbonyl (C=O) groups excluding carboxylic acids is 1. The second-order valence-electron chi connectivity index (χ2n) is 6.27. The van der Waals surface area contributed by atoms with E-state index in [4.69, 9.17) is 16.3 Å². The average molecular weight is 338 g/mol. The molecule has 0 aromatic carbocycles. The monoisotopic (exact) mass is 337 g/mol. The summed E-state index contributed by atoms with van der Waals surface area (Å²) in [6.07, 6.45) is 7.90. The van der Waals surface area contributed by atoms with Gasteiger partial charge in [-0.2, -0.15) is 0 Å². The van der Waals surface area contributed by atoms with Crippen molar-refractivity contribution >= 4 is 23.3 Å². The van der Waals surface area contributed by atoms with Crippen LogP contribution in [0.3, 0.4) is 0 Å². The van der Waals surface area contributed by atoms with Crippen LogP contribution in [0.5, 0.6) is 0 Å². The van der Waals surface area contributed by atoms with Crippen molar-refractivity contribution in [3.63, 3.8) is 0 Å². The summed E-state index contributed by atoms with van der Waals surface area (Å²) in [5.74, 6) is 1.03. The van der Waals surface area contributed by atoms with Gasteiger partial charge in [0.2, 0.25) is 5.91 Å². The molecule has 0 radical (unpaired) electrons. The van der Waals surface area contributed by atoms with Crippen LogP contribution in [0.15, 0.2) is 18.3 Å². The Labute approximate surface area is 142 Å². The maximum absolute atomic E-state index is 12.3. The molecule has 1 saturated heterocycles. The van der Waals surface area contributed by atoms with E-state index in [9.17, 15) is 4.79 Å². The molecule has 2 fully saturated rings. The highest BCUT2D eigenvalue weighted by Gasteiger charge is 2.23. The molecule has 6 heteroatoms. The van der Waals surface area contributed by atoms with E-state index in [-0.39, 0.29) is 18.6 Å².